The summed E-state index contributed by atoms with van der Waals surface area (Å²) < 4.78 is 2.47. The summed E-state index contributed by atoms with van der Waals surface area (Å²) in [6, 6.07) is 90.6. The first kappa shape index (κ1) is 45.2. The molecule has 13 aromatic rings. The zero-order valence-electron chi connectivity index (χ0n) is 43.0. The van der Waals surface area contributed by atoms with Crippen molar-refractivity contribution in [2.24, 2.45) is 0 Å². The highest BCUT2D eigenvalue weighted by Gasteiger charge is 2.23. The van der Waals surface area contributed by atoms with Gasteiger partial charge in [0.1, 0.15) is 0 Å². The standard InChI is InChI=1S/C72H58N2/c1-71(2,3)53-37-29-47(30-38-53)57-21-7-9-23-59(57)51-17-15-19-55(45-51)73(56-20-16-18-52(46-56)60-24-10-8-22-58(60)48-31-39-54(40-32-48)72(4,5)6)67-43-35-49-34-42-64-68(44-36-50-33-41-63(67)69(49)70(50)64)74-65-27-13-11-25-61(65)62-26-12-14-28-66(62)74/h7-46H,1-6H3. The van der Waals surface area contributed by atoms with E-state index < -0.39 is 0 Å². The zero-order chi connectivity index (χ0) is 50.3. The molecule has 1 aromatic heterocycles. The Labute approximate surface area is 434 Å². The second kappa shape index (κ2) is 17.5. The number of hydrogen-bond donors (Lipinski definition) is 0. The van der Waals surface area contributed by atoms with E-state index in [9.17, 15) is 0 Å². The van der Waals surface area contributed by atoms with Gasteiger partial charge in [-0.25, -0.2) is 0 Å². The first-order valence-electron chi connectivity index (χ1n) is 26.1. The van der Waals surface area contributed by atoms with Gasteiger partial charge < -0.3 is 9.47 Å². The summed E-state index contributed by atoms with van der Waals surface area (Å²) in [5, 5.41) is 9.97. The van der Waals surface area contributed by atoms with Crippen molar-refractivity contribution in [2.45, 2.75) is 52.4 Å². The van der Waals surface area contributed by atoms with Crippen molar-refractivity contribution in [1.29, 1.82) is 0 Å². The molecule has 12 aromatic carbocycles. The van der Waals surface area contributed by atoms with Crippen LogP contribution < -0.4 is 4.90 Å². The molecule has 0 aliphatic carbocycles. The van der Waals surface area contributed by atoms with Gasteiger partial charge in [0.05, 0.1) is 22.4 Å². The summed E-state index contributed by atoms with van der Waals surface area (Å²) in [6.45, 7) is 13.7. The normalized spacial score (nSPS) is 12.2. The van der Waals surface area contributed by atoms with Gasteiger partial charge in [0.25, 0.3) is 0 Å². The monoisotopic (exact) mass is 950 g/mol. The Morgan fingerprint density at radius 1 is 0.311 bits per heavy atom. The van der Waals surface area contributed by atoms with Gasteiger partial charge in [0, 0.05) is 32.9 Å². The van der Waals surface area contributed by atoms with E-state index in [1.807, 2.05) is 0 Å². The number of nitrogens with zero attached hydrogens (tertiary/aromatic N) is 2. The molecule has 0 N–H and O–H groups in total. The average Bonchev–Trinajstić information content (AvgIpc) is 3.76. The molecule has 0 aliphatic heterocycles. The van der Waals surface area contributed by atoms with E-state index in [2.05, 4.69) is 294 Å². The molecule has 0 spiro atoms. The highest BCUT2D eigenvalue weighted by atomic mass is 15.1. The topological polar surface area (TPSA) is 8.17 Å². The minimum atomic E-state index is 0.0761. The first-order chi connectivity index (χ1) is 36.0. The lowest BCUT2D eigenvalue weighted by Gasteiger charge is -2.29. The molecule has 74 heavy (non-hydrogen) atoms. The van der Waals surface area contributed by atoms with Crippen LogP contribution in [0.3, 0.4) is 0 Å². The molecule has 1 heterocycles. The molecular weight excluding hydrogens is 893 g/mol. The van der Waals surface area contributed by atoms with Crippen LogP contribution >= 0.6 is 0 Å². The second-order valence-electron chi connectivity index (χ2n) is 22.1. The largest absolute Gasteiger partial charge is 0.310 e. The van der Waals surface area contributed by atoms with Crippen molar-refractivity contribution in [1.82, 2.24) is 4.57 Å². The predicted octanol–water partition coefficient (Wildman–Crippen LogP) is 20.4. The van der Waals surface area contributed by atoms with E-state index in [1.54, 1.807) is 0 Å². The first-order valence-corrected chi connectivity index (χ1v) is 26.1. The highest BCUT2D eigenvalue weighted by molar-refractivity contribution is 6.27. The van der Waals surface area contributed by atoms with Crippen LogP contribution in [-0.2, 0) is 10.8 Å². The van der Waals surface area contributed by atoms with E-state index in [4.69, 9.17) is 0 Å². The zero-order valence-corrected chi connectivity index (χ0v) is 43.0. The molecule has 2 nitrogen and oxygen atoms in total. The Kier molecular flexibility index (Phi) is 10.7. The molecule has 0 saturated carbocycles. The number of benzene rings is 12. The lowest BCUT2D eigenvalue weighted by molar-refractivity contribution is 0.590. The molecule has 0 aliphatic rings. The maximum Gasteiger partial charge on any atom is 0.0541 e. The van der Waals surface area contributed by atoms with Gasteiger partial charge in [0.2, 0.25) is 0 Å². The summed E-state index contributed by atoms with van der Waals surface area (Å²) in [4.78, 5) is 2.49. The Morgan fingerprint density at radius 2 is 0.716 bits per heavy atom. The molecule has 356 valence electrons. The van der Waals surface area contributed by atoms with E-state index in [-0.39, 0.29) is 10.8 Å². The smallest absolute Gasteiger partial charge is 0.0541 e. The Morgan fingerprint density at radius 3 is 1.20 bits per heavy atom. The molecule has 0 amide bonds. The molecule has 0 fully saturated rings. The molecule has 0 radical (unpaired) electrons. The number of fused-ring (bicyclic) bond motifs is 3. The lowest BCUT2D eigenvalue weighted by Crippen LogP contribution is -2.11. The van der Waals surface area contributed by atoms with Crippen LogP contribution in [-0.4, -0.2) is 4.57 Å². The van der Waals surface area contributed by atoms with E-state index in [0.717, 1.165) is 28.2 Å². The van der Waals surface area contributed by atoms with Gasteiger partial charge in [-0.15, -0.1) is 0 Å². The summed E-state index contributed by atoms with van der Waals surface area (Å²) >= 11 is 0. The minimum Gasteiger partial charge on any atom is -0.310 e. The number of para-hydroxylation sites is 2. The molecule has 0 saturated heterocycles. The number of rotatable bonds is 8. The molecular formula is C72H58N2. The fraction of sp³-hybridized carbons (Fsp3) is 0.111. The van der Waals surface area contributed by atoms with Crippen molar-refractivity contribution in [3.63, 3.8) is 0 Å². The second-order valence-corrected chi connectivity index (χ2v) is 22.1. The fourth-order valence-corrected chi connectivity index (χ4v) is 11.7. The van der Waals surface area contributed by atoms with Gasteiger partial charge in [0.15, 0.2) is 0 Å². The molecule has 0 unspecified atom stereocenters. The molecule has 13 rings (SSSR count). The summed E-state index contributed by atoms with van der Waals surface area (Å²) in [5.41, 5.74) is 19.3. The summed E-state index contributed by atoms with van der Waals surface area (Å²) in [6.07, 6.45) is 0. The summed E-state index contributed by atoms with van der Waals surface area (Å²) in [5.74, 6) is 0. The highest BCUT2D eigenvalue weighted by Crippen LogP contribution is 2.48. The van der Waals surface area contributed by atoms with E-state index in [0.29, 0.717) is 0 Å². The van der Waals surface area contributed by atoms with Crippen molar-refractivity contribution in [2.75, 3.05) is 4.90 Å². The van der Waals surface area contributed by atoms with Gasteiger partial charge in [-0.2, -0.15) is 0 Å². The van der Waals surface area contributed by atoms with Crippen molar-refractivity contribution < 1.29 is 0 Å². The third-order valence-electron chi connectivity index (χ3n) is 15.5. The van der Waals surface area contributed by atoms with Crippen LogP contribution in [0.1, 0.15) is 52.7 Å². The number of hydrogen-bond acceptors (Lipinski definition) is 1. The van der Waals surface area contributed by atoms with Crippen molar-refractivity contribution >= 4 is 71.2 Å². The number of anilines is 3. The van der Waals surface area contributed by atoms with Crippen molar-refractivity contribution in [3.8, 4) is 50.2 Å². The summed E-state index contributed by atoms with van der Waals surface area (Å²) in [7, 11) is 0. The molecule has 2 heteroatoms. The Hall–Kier alpha value is -8.72. The van der Waals surface area contributed by atoms with Crippen molar-refractivity contribution in [3.05, 3.63) is 254 Å². The van der Waals surface area contributed by atoms with Crippen LogP contribution in [0.15, 0.2) is 243 Å². The van der Waals surface area contributed by atoms with Crippen LogP contribution in [0.4, 0.5) is 17.1 Å². The SMILES string of the molecule is CC(C)(C)c1ccc(-c2ccccc2-c2cccc(N(c3cccc(-c4ccccc4-c4ccc(C(C)(C)C)cc4)c3)c3ccc4ccc5c(-n6c7ccccc7c7ccccc76)ccc6ccc3c4c65)c2)cc1. The van der Waals surface area contributed by atoms with Crippen LogP contribution in [0.5, 0.6) is 0 Å². The van der Waals surface area contributed by atoms with E-state index in [1.165, 1.54) is 104 Å². The fourth-order valence-electron chi connectivity index (χ4n) is 11.7. The number of aromatic nitrogens is 1. The third kappa shape index (κ3) is 7.64. The van der Waals surface area contributed by atoms with Gasteiger partial charge in [-0.1, -0.05) is 236 Å². The predicted molar refractivity (Wildman–Crippen MR) is 318 cm³/mol. The minimum absolute atomic E-state index is 0.0761. The maximum absolute atomic E-state index is 2.49. The Bertz CT molecular complexity index is 4050. The quantitative estimate of drug-likeness (QED) is 0.138. The third-order valence-corrected chi connectivity index (χ3v) is 15.5. The van der Waals surface area contributed by atoms with E-state index >= 15 is 0 Å². The average molecular weight is 951 g/mol. The van der Waals surface area contributed by atoms with Gasteiger partial charge >= 0.3 is 0 Å². The van der Waals surface area contributed by atoms with Gasteiger partial charge in [-0.05, 0) is 137 Å². The molecule has 0 bridgehead atoms. The maximum atomic E-state index is 2.49. The van der Waals surface area contributed by atoms with Gasteiger partial charge in [-0.3, -0.25) is 0 Å². The molecule has 0 atom stereocenters. The Balaban J connectivity index is 1.02. The van der Waals surface area contributed by atoms with Crippen LogP contribution in [0, 0.1) is 0 Å². The van der Waals surface area contributed by atoms with Crippen LogP contribution in [0.2, 0.25) is 0 Å². The lowest BCUT2D eigenvalue weighted by atomic mass is 9.85. The van der Waals surface area contributed by atoms with Crippen LogP contribution in [0.25, 0.3) is 104 Å².